The minimum Gasteiger partial charge on any atom is -0.451 e. The van der Waals surface area contributed by atoms with Gasteiger partial charge >= 0.3 is 5.97 Å². The Bertz CT molecular complexity index is 467. The van der Waals surface area contributed by atoms with E-state index < -0.39 is 11.6 Å². The third kappa shape index (κ3) is 3.45. The van der Waals surface area contributed by atoms with Crippen LogP contribution >= 0.6 is 23.2 Å². The maximum absolute atomic E-state index is 12.1. The Labute approximate surface area is 110 Å². The summed E-state index contributed by atoms with van der Waals surface area (Å²) in [6, 6.07) is 4.54. The summed E-state index contributed by atoms with van der Waals surface area (Å²) in [5, 5.41) is 0.680. The monoisotopic (exact) mass is 274 g/mol. The van der Waals surface area contributed by atoms with Crippen LogP contribution in [0.15, 0.2) is 18.2 Å². The van der Waals surface area contributed by atoms with Crippen molar-refractivity contribution in [1.29, 1.82) is 0 Å². The molecule has 0 fully saturated rings. The topological polar surface area (TPSA) is 43.4 Å². The average molecular weight is 275 g/mol. The van der Waals surface area contributed by atoms with Crippen molar-refractivity contribution in [3.63, 3.8) is 0 Å². The molecule has 0 aliphatic rings. The van der Waals surface area contributed by atoms with Gasteiger partial charge in [0.25, 0.3) is 0 Å². The lowest BCUT2D eigenvalue weighted by Crippen LogP contribution is -2.36. The lowest BCUT2D eigenvalue weighted by atomic mass is 9.96. The predicted molar refractivity (Wildman–Crippen MR) is 66.6 cm³/mol. The van der Waals surface area contributed by atoms with Crippen molar-refractivity contribution in [2.45, 2.75) is 26.4 Å². The number of rotatable bonds is 3. The molecule has 0 aromatic heterocycles. The standard InChI is InChI=1S/C12H12Cl2O3/c1-7(15)17-12(2,3)11(16)9-5-4-8(13)6-10(9)14/h4-6H,1-3H3. The van der Waals surface area contributed by atoms with Crippen LogP contribution in [0.3, 0.4) is 0 Å². The third-order valence-corrected chi connectivity index (χ3v) is 2.67. The normalized spacial score (nSPS) is 11.1. The Morgan fingerprint density at radius 3 is 2.29 bits per heavy atom. The summed E-state index contributed by atoms with van der Waals surface area (Å²) < 4.78 is 4.96. The number of benzene rings is 1. The number of hydrogen-bond acceptors (Lipinski definition) is 3. The molecule has 1 aromatic carbocycles. The summed E-state index contributed by atoms with van der Waals surface area (Å²) in [6.45, 7) is 4.28. The highest BCUT2D eigenvalue weighted by atomic mass is 35.5. The van der Waals surface area contributed by atoms with Crippen molar-refractivity contribution < 1.29 is 14.3 Å². The van der Waals surface area contributed by atoms with Crippen LogP contribution in [0.1, 0.15) is 31.1 Å². The summed E-state index contributed by atoms with van der Waals surface area (Å²) >= 11 is 11.7. The second-order valence-electron chi connectivity index (χ2n) is 4.06. The Hall–Kier alpha value is -1.06. The van der Waals surface area contributed by atoms with Gasteiger partial charge in [0.15, 0.2) is 5.60 Å². The fourth-order valence-electron chi connectivity index (χ4n) is 1.40. The lowest BCUT2D eigenvalue weighted by Gasteiger charge is -2.23. The molecule has 0 aliphatic carbocycles. The van der Waals surface area contributed by atoms with Gasteiger partial charge < -0.3 is 4.74 Å². The highest BCUT2D eigenvalue weighted by molar-refractivity contribution is 6.37. The van der Waals surface area contributed by atoms with Crippen molar-refractivity contribution in [2.24, 2.45) is 0 Å². The molecular weight excluding hydrogens is 263 g/mol. The fourth-order valence-corrected chi connectivity index (χ4v) is 1.90. The first kappa shape index (κ1) is 14.0. The molecule has 0 atom stereocenters. The minimum atomic E-state index is -1.25. The van der Waals surface area contributed by atoms with Gasteiger partial charge in [0.1, 0.15) is 0 Å². The van der Waals surface area contributed by atoms with Crippen LogP contribution < -0.4 is 0 Å². The van der Waals surface area contributed by atoms with Gasteiger partial charge in [-0.15, -0.1) is 0 Å². The number of hydrogen-bond donors (Lipinski definition) is 0. The minimum absolute atomic E-state index is 0.239. The largest absolute Gasteiger partial charge is 0.451 e. The maximum Gasteiger partial charge on any atom is 0.303 e. The van der Waals surface area contributed by atoms with Crippen molar-refractivity contribution in [3.8, 4) is 0 Å². The van der Waals surface area contributed by atoms with Crippen molar-refractivity contribution in [3.05, 3.63) is 33.8 Å². The molecule has 1 aromatic rings. The van der Waals surface area contributed by atoms with E-state index in [9.17, 15) is 9.59 Å². The zero-order valence-electron chi connectivity index (χ0n) is 9.71. The molecule has 0 radical (unpaired) electrons. The molecule has 17 heavy (non-hydrogen) atoms. The molecule has 0 N–H and O–H groups in total. The summed E-state index contributed by atoms with van der Waals surface area (Å²) in [5.41, 5.74) is -0.967. The number of Topliss-reactive ketones (excluding diaryl/α,β-unsaturated/α-hetero) is 1. The van der Waals surface area contributed by atoms with E-state index in [0.717, 1.165) is 0 Å². The summed E-state index contributed by atoms with van der Waals surface area (Å²) in [6.07, 6.45) is 0. The molecule has 0 unspecified atom stereocenters. The smallest absolute Gasteiger partial charge is 0.303 e. The van der Waals surface area contributed by atoms with E-state index in [2.05, 4.69) is 0 Å². The van der Waals surface area contributed by atoms with Gasteiger partial charge in [-0.1, -0.05) is 23.2 Å². The van der Waals surface area contributed by atoms with E-state index in [1.807, 2.05) is 0 Å². The van der Waals surface area contributed by atoms with Gasteiger partial charge in [-0.05, 0) is 32.0 Å². The Morgan fingerprint density at radius 2 is 1.82 bits per heavy atom. The molecule has 3 nitrogen and oxygen atoms in total. The van der Waals surface area contributed by atoms with E-state index >= 15 is 0 Å². The van der Waals surface area contributed by atoms with Crippen molar-refractivity contribution in [1.82, 2.24) is 0 Å². The number of ketones is 1. The Kier molecular flexibility index (Phi) is 4.17. The Balaban J connectivity index is 3.07. The van der Waals surface area contributed by atoms with E-state index in [4.69, 9.17) is 27.9 Å². The second-order valence-corrected chi connectivity index (χ2v) is 4.90. The molecule has 92 valence electrons. The van der Waals surface area contributed by atoms with Gasteiger partial charge in [0.05, 0.1) is 5.02 Å². The molecule has 0 aliphatic heterocycles. The fraction of sp³-hybridized carbons (Fsp3) is 0.333. The summed E-state index contributed by atoms with van der Waals surface area (Å²) in [4.78, 5) is 23.0. The van der Waals surface area contributed by atoms with E-state index in [0.29, 0.717) is 5.02 Å². The molecule has 0 spiro atoms. The van der Waals surface area contributed by atoms with Crippen LogP contribution in [0.2, 0.25) is 10.0 Å². The third-order valence-electron chi connectivity index (χ3n) is 2.12. The van der Waals surface area contributed by atoms with Crippen LogP contribution in [0.25, 0.3) is 0 Å². The second kappa shape index (κ2) is 5.07. The molecule has 5 heteroatoms. The molecule has 1 rings (SSSR count). The zero-order valence-corrected chi connectivity index (χ0v) is 11.2. The molecule has 0 saturated carbocycles. The number of carbonyl (C=O) groups excluding carboxylic acids is 2. The average Bonchev–Trinajstić information content (AvgIpc) is 2.14. The number of halogens is 2. The molecule has 0 amide bonds. The zero-order chi connectivity index (χ0) is 13.2. The first-order chi connectivity index (χ1) is 7.74. The summed E-state index contributed by atoms with van der Waals surface area (Å²) in [7, 11) is 0. The van der Waals surface area contributed by atoms with Crippen LogP contribution in [0.4, 0.5) is 0 Å². The quantitative estimate of drug-likeness (QED) is 0.626. The van der Waals surface area contributed by atoms with Crippen LogP contribution in [-0.2, 0) is 9.53 Å². The van der Waals surface area contributed by atoms with E-state index in [-0.39, 0.29) is 16.4 Å². The first-order valence-corrected chi connectivity index (χ1v) is 5.69. The molecule has 0 bridgehead atoms. The SMILES string of the molecule is CC(=O)OC(C)(C)C(=O)c1ccc(Cl)cc1Cl. The lowest BCUT2D eigenvalue weighted by molar-refractivity contribution is -0.149. The Morgan fingerprint density at radius 1 is 1.24 bits per heavy atom. The van der Waals surface area contributed by atoms with Crippen LogP contribution in [0.5, 0.6) is 0 Å². The number of ether oxygens (including phenoxy) is 1. The first-order valence-electron chi connectivity index (χ1n) is 4.93. The van der Waals surface area contributed by atoms with Gasteiger partial charge in [-0.3, -0.25) is 9.59 Å². The predicted octanol–water partition coefficient (Wildman–Crippen LogP) is 3.52. The number of esters is 1. The molecule has 0 heterocycles. The van der Waals surface area contributed by atoms with Crippen LogP contribution in [0, 0.1) is 0 Å². The summed E-state index contributed by atoms with van der Waals surface area (Å²) in [5.74, 6) is -0.886. The number of carbonyl (C=O) groups is 2. The van der Waals surface area contributed by atoms with Crippen molar-refractivity contribution in [2.75, 3.05) is 0 Å². The molecular formula is C12H12Cl2O3. The van der Waals surface area contributed by atoms with E-state index in [1.54, 1.807) is 6.07 Å². The van der Waals surface area contributed by atoms with Gasteiger partial charge in [-0.2, -0.15) is 0 Å². The van der Waals surface area contributed by atoms with Gasteiger partial charge in [0, 0.05) is 17.5 Å². The maximum atomic E-state index is 12.1. The van der Waals surface area contributed by atoms with Gasteiger partial charge in [-0.25, -0.2) is 0 Å². The van der Waals surface area contributed by atoms with Crippen LogP contribution in [-0.4, -0.2) is 17.4 Å². The van der Waals surface area contributed by atoms with Gasteiger partial charge in [0.2, 0.25) is 5.78 Å². The highest BCUT2D eigenvalue weighted by Crippen LogP contribution is 2.26. The van der Waals surface area contributed by atoms with E-state index in [1.165, 1.54) is 32.9 Å². The molecule has 0 saturated heterocycles. The highest BCUT2D eigenvalue weighted by Gasteiger charge is 2.33. The van der Waals surface area contributed by atoms with Crippen molar-refractivity contribution >= 4 is 35.0 Å².